The summed E-state index contributed by atoms with van der Waals surface area (Å²) in [6.45, 7) is 3.16. The standard InChI is InChI=1S/C33H39N3O7/c1-39-24-10-8-9-22(17-24)32(37)36-20-25(23-18-29(41-3)31(43-5)30(19-23)42-4)26(21-36)33(38)35-15-13-34(14-16-35)27-11-6-7-12-28(27)40-2/h6-12,17-19,25-26H,13-16,20-21H2,1-5H3/t25-,26-/m1/s1. The molecule has 0 bridgehead atoms. The van der Waals surface area contributed by atoms with Crippen LogP contribution in [0.5, 0.6) is 28.7 Å². The molecule has 2 saturated heterocycles. The predicted molar refractivity (Wildman–Crippen MR) is 163 cm³/mol. The zero-order valence-electron chi connectivity index (χ0n) is 25.4. The molecular formula is C33H39N3O7. The van der Waals surface area contributed by atoms with Gasteiger partial charge in [-0.3, -0.25) is 9.59 Å². The number of likely N-dealkylation sites (tertiary alicyclic amines) is 1. The molecule has 3 aromatic carbocycles. The number of carbonyl (C=O) groups excluding carboxylic acids is 2. The molecular weight excluding hydrogens is 550 g/mol. The SMILES string of the molecule is COc1cccc(C(=O)N2C[C@H](c3cc(OC)c(OC)c(OC)c3)[C@H](C(=O)N3CCN(c4ccccc4OC)CC3)C2)c1. The fourth-order valence-corrected chi connectivity index (χ4v) is 6.11. The summed E-state index contributed by atoms with van der Waals surface area (Å²) in [5.74, 6) is 2.06. The number of nitrogens with zero attached hydrogens (tertiary/aromatic N) is 3. The highest BCUT2D eigenvalue weighted by Crippen LogP contribution is 2.44. The molecule has 0 unspecified atom stereocenters. The molecule has 3 aromatic rings. The van der Waals surface area contributed by atoms with Gasteiger partial charge < -0.3 is 38.4 Å². The van der Waals surface area contributed by atoms with E-state index in [-0.39, 0.29) is 17.7 Å². The van der Waals surface area contributed by atoms with Crippen molar-refractivity contribution >= 4 is 17.5 Å². The lowest BCUT2D eigenvalue weighted by atomic mass is 9.87. The van der Waals surface area contributed by atoms with Crippen LogP contribution < -0.4 is 28.6 Å². The number of benzene rings is 3. The van der Waals surface area contributed by atoms with Crippen LogP contribution in [-0.4, -0.2) is 96.4 Å². The molecule has 2 atom stereocenters. The van der Waals surface area contributed by atoms with Crippen molar-refractivity contribution < 1.29 is 33.3 Å². The first kappa shape index (κ1) is 29.9. The Labute approximate surface area is 252 Å². The van der Waals surface area contributed by atoms with Gasteiger partial charge in [0.25, 0.3) is 5.91 Å². The number of para-hydroxylation sites is 2. The van der Waals surface area contributed by atoms with Gasteiger partial charge in [0.15, 0.2) is 11.5 Å². The van der Waals surface area contributed by atoms with Crippen molar-refractivity contribution in [3.63, 3.8) is 0 Å². The van der Waals surface area contributed by atoms with Gasteiger partial charge in [0.2, 0.25) is 11.7 Å². The van der Waals surface area contributed by atoms with Crippen LogP contribution in [0.15, 0.2) is 60.7 Å². The lowest BCUT2D eigenvalue weighted by Crippen LogP contribution is -2.51. The lowest BCUT2D eigenvalue weighted by Gasteiger charge is -2.38. The molecule has 43 heavy (non-hydrogen) atoms. The van der Waals surface area contributed by atoms with Gasteiger partial charge in [-0.1, -0.05) is 18.2 Å². The molecule has 2 amide bonds. The van der Waals surface area contributed by atoms with Crippen LogP contribution in [0.1, 0.15) is 21.8 Å². The highest BCUT2D eigenvalue weighted by Gasteiger charge is 2.43. The third kappa shape index (κ3) is 6.00. The minimum Gasteiger partial charge on any atom is -0.497 e. The zero-order chi connectivity index (χ0) is 30.5. The number of carbonyl (C=O) groups is 2. The first-order valence-corrected chi connectivity index (χ1v) is 14.3. The van der Waals surface area contributed by atoms with E-state index in [1.807, 2.05) is 41.3 Å². The summed E-state index contributed by atoms with van der Waals surface area (Å²) in [6, 6.07) is 18.8. The van der Waals surface area contributed by atoms with Gasteiger partial charge in [-0.05, 0) is 48.0 Å². The van der Waals surface area contributed by atoms with Gasteiger partial charge in [-0.15, -0.1) is 0 Å². The highest BCUT2D eigenvalue weighted by atomic mass is 16.5. The Morgan fingerprint density at radius 3 is 1.98 bits per heavy atom. The first-order valence-electron chi connectivity index (χ1n) is 14.3. The van der Waals surface area contributed by atoms with Crippen LogP contribution in [0, 0.1) is 5.92 Å². The molecule has 10 heteroatoms. The minimum absolute atomic E-state index is 0.0272. The molecule has 10 nitrogen and oxygen atoms in total. The molecule has 228 valence electrons. The summed E-state index contributed by atoms with van der Waals surface area (Å²) in [5.41, 5.74) is 2.38. The molecule has 2 aliphatic rings. The van der Waals surface area contributed by atoms with E-state index in [1.165, 1.54) is 0 Å². The molecule has 2 fully saturated rings. The van der Waals surface area contributed by atoms with Gasteiger partial charge in [0.05, 0.1) is 47.2 Å². The number of anilines is 1. The number of amides is 2. The molecule has 2 heterocycles. The maximum Gasteiger partial charge on any atom is 0.254 e. The fraction of sp³-hybridized carbons (Fsp3) is 0.394. The molecule has 0 spiro atoms. The van der Waals surface area contributed by atoms with Gasteiger partial charge in [0, 0.05) is 50.7 Å². The Kier molecular flexibility index (Phi) is 9.13. The second-order valence-electron chi connectivity index (χ2n) is 10.6. The average Bonchev–Trinajstić information content (AvgIpc) is 3.52. The van der Waals surface area contributed by atoms with Gasteiger partial charge in [-0.25, -0.2) is 0 Å². The molecule has 0 aromatic heterocycles. The van der Waals surface area contributed by atoms with Gasteiger partial charge >= 0.3 is 0 Å². The van der Waals surface area contributed by atoms with Crippen LogP contribution in [0.4, 0.5) is 5.69 Å². The Balaban J connectivity index is 1.42. The summed E-state index contributed by atoms with van der Waals surface area (Å²) in [6.07, 6.45) is 0. The monoisotopic (exact) mass is 589 g/mol. The van der Waals surface area contributed by atoms with Crippen molar-refractivity contribution in [2.45, 2.75) is 5.92 Å². The van der Waals surface area contributed by atoms with E-state index in [9.17, 15) is 9.59 Å². The van der Waals surface area contributed by atoms with Crippen molar-refractivity contribution in [1.29, 1.82) is 0 Å². The first-order chi connectivity index (χ1) is 20.9. The third-order valence-electron chi connectivity index (χ3n) is 8.37. The second-order valence-corrected chi connectivity index (χ2v) is 10.6. The van der Waals surface area contributed by atoms with E-state index >= 15 is 0 Å². The molecule has 0 saturated carbocycles. The zero-order valence-corrected chi connectivity index (χ0v) is 25.4. The maximum atomic E-state index is 14.2. The summed E-state index contributed by atoms with van der Waals surface area (Å²) >= 11 is 0. The number of ether oxygens (including phenoxy) is 5. The number of methoxy groups -OCH3 is 5. The summed E-state index contributed by atoms with van der Waals surface area (Å²) in [7, 11) is 7.93. The Morgan fingerprint density at radius 2 is 1.35 bits per heavy atom. The van der Waals surface area contributed by atoms with E-state index in [2.05, 4.69) is 4.90 Å². The molecule has 2 aliphatic heterocycles. The predicted octanol–water partition coefficient (Wildman–Crippen LogP) is 3.93. The van der Waals surface area contributed by atoms with Crippen molar-refractivity contribution in [1.82, 2.24) is 9.80 Å². The normalized spacial score (nSPS) is 18.3. The Morgan fingerprint density at radius 1 is 0.674 bits per heavy atom. The van der Waals surface area contributed by atoms with Crippen LogP contribution in [0.2, 0.25) is 0 Å². The van der Waals surface area contributed by atoms with Crippen LogP contribution in [-0.2, 0) is 4.79 Å². The van der Waals surface area contributed by atoms with Crippen LogP contribution >= 0.6 is 0 Å². The van der Waals surface area contributed by atoms with E-state index in [0.717, 1.165) is 17.0 Å². The van der Waals surface area contributed by atoms with E-state index < -0.39 is 5.92 Å². The van der Waals surface area contributed by atoms with Crippen molar-refractivity contribution in [3.8, 4) is 28.7 Å². The van der Waals surface area contributed by atoms with Crippen LogP contribution in [0.3, 0.4) is 0 Å². The minimum atomic E-state index is -0.449. The summed E-state index contributed by atoms with van der Waals surface area (Å²) in [4.78, 5) is 33.8. The fourth-order valence-electron chi connectivity index (χ4n) is 6.11. The summed E-state index contributed by atoms with van der Waals surface area (Å²) in [5, 5.41) is 0. The van der Waals surface area contributed by atoms with Gasteiger partial charge in [0.1, 0.15) is 11.5 Å². The number of rotatable bonds is 9. The lowest BCUT2D eigenvalue weighted by molar-refractivity contribution is -0.135. The van der Waals surface area contributed by atoms with E-state index in [0.29, 0.717) is 67.8 Å². The van der Waals surface area contributed by atoms with E-state index in [1.54, 1.807) is 64.7 Å². The Bertz CT molecular complexity index is 1430. The number of hydrogen-bond acceptors (Lipinski definition) is 8. The number of piperazine rings is 1. The second kappa shape index (κ2) is 13.1. The van der Waals surface area contributed by atoms with Crippen LogP contribution in [0.25, 0.3) is 0 Å². The molecule has 0 N–H and O–H groups in total. The van der Waals surface area contributed by atoms with E-state index in [4.69, 9.17) is 23.7 Å². The maximum absolute atomic E-state index is 14.2. The van der Waals surface area contributed by atoms with Crippen molar-refractivity contribution in [3.05, 3.63) is 71.8 Å². The Hall–Kier alpha value is -4.60. The molecule has 0 aliphatic carbocycles. The van der Waals surface area contributed by atoms with Gasteiger partial charge in [-0.2, -0.15) is 0 Å². The average molecular weight is 590 g/mol. The topological polar surface area (TPSA) is 90.0 Å². The number of hydrogen-bond donors (Lipinski definition) is 0. The van der Waals surface area contributed by atoms with Crippen molar-refractivity contribution in [2.24, 2.45) is 5.92 Å². The largest absolute Gasteiger partial charge is 0.497 e. The van der Waals surface area contributed by atoms with Crippen molar-refractivity contribution in [2.75, 3.05) is 79.7 Å². The quantitative estimate of drug-likeness (QED) is 0.371. The smallest absolute Gasteiger partial charge is 0.254 e. The molecule has 5 rings (SSSR count). The third-order valence-corrected chi connectivity index (χ3v) is 8.37. The molecule has 0 radical (unpaired) electrons. The highest BCUT2D eigenvalue weighted by molar-refractivity contribution is 5.95. The summed E-state index contributed by atoms with van der Waals surface area (Å²) < 4.78 is 27.7.